The highest BCUT2D eigenvalue weighted by Crippen LogP contribution is 2.14. The molecule has 0 spiro atoms. The Balaban J connectivity index is 1.73. The number of hydrogen-bond acceptors (Lipinski definition) is 5. The van der Waals surface area contributed by atoms with Crippen molar-refractivity contribution < 1.29 is 4.79 Å². The van der Waals surface area contributed by atoms with Gasteiger partial charge in [-0.3, -0.25) is 18.8 Å². The fourth-order valence-corrected chi connectivity index (χ4v) is 3.00. The zero-order valence-corrected chi connectivity index (χ0v) is 13.1. The van der Waals surface area contributed by atoms with E-state index in [0.717, 1.165) is 10.4 Å². The molecule has 0 fully saturated rings. The molecule has 0 saturated carbocycles. The number of carbonyl (C=O) groups excluding carboxylic acids is 1. The van der Waals surface area contributed by atoms with E-state index in [9.17, 15) is 9.59 Å². The lowest BCUT2D eigenvalue weighted by atomic mass is 10.3. The Hall–Kier alpha value is -2.48. The second kappa shape index (κ2) is 5.72. The molecule has 0 atom stereocenters. The third kappa shape index (κ3) is 2.64. The van der Waals surface area contributed by atoms with E-state index >= 15 is 0 Å². The molecule has 0 aliphatic carbocycles. The van der Waals surface area contributed by atoms with Gasteiger partial charge in [-0.15, -0.1) is 11.3 Å². The molecule has 1 amide bonds. The quantitative estimate of drug-likeness (QED) is 0.772. The molecule has 0 bridgehead atoms. The molecule has 114 valence electrons. The van der Waals surface area contributed by atoms with Gasteiger partial charge >= 0.3 is 0 Å². The maximum absolute atomic E-state index is 12.3. The number of aromatic nitrogens is 4. The molecule has 3 rings (SSSR count). The highest BCUT2D eigenvalue weighted by atomic mass is 32.1. The molecule has 22 heavy (non-hydrogen) atoms. The fraction of sp³-hybridized carbons (Fsp3) is 0.286. The van der Waals surface area contributed by atoms with Crippen molar-refractivity contribution in [2.75, 3.05) is 0 Å². The number of nitrogens with zero attached hydrogens (tertiary/aromatic N) is 4. The number of rotatable bonds is 4. The van der Waals surface area contributed by atoms with Crippen molar-refractivity contribution >= 4 is 28.3 Å². The van der Waals surface area contributed by atoms with Gasteiger partial charge in [0, 0.05) is 11.9 Å². The van der Waals surface area contributed by atoms with E-state index in [1.54, 1.807) is 18.4 Å². The summed E-state index contributed by atoms with van der Waals surface area (Å²) in [6, 6.07) is 2.01. The molecule has 0 unspecified atom stereocenters. The van der Waals surface area contributed by atoms with E-state index in [0.29, 0.717) is 17.6 Å². The van der Waals surface area contributed by atoms with Crippen LogP contribution in [0.2, 0.25) is 0 Å². The van der Waals surface area contributed by atoms with Gasteiger partial charge in [-0.2, -0.15) is 5.10 Å². The van der Waals surface area contributed by atoms with Gasteiger partial charge in [0.2, 0.25) is 5.91 Å². The summed E-state index contributed by atoms with van der Waals surface area (Å²) in [6.45, 7) is 2.42. The van der Waals surface area contributed by atoms with Crippen molar-refractivity contribution in [2.45, 2.75) is 20.0 Å². The van der Waals surface area contributed by atoms with Gasteiger partial charge in [-0.1, -0.05) is 0 Å². The van der Waals surface area contributed by atoms with Crippen LogP contribution < -0.4 is 10.9 Å². The van der Waals surface area contributed by atoms with Gasteiger partial charge < -0.3 is 5.32 Å². The van der Waals surface area contributed by atoms with Crippen LogP contribution in [0.15, 0.2) is 28.8 Å². The van der Waals surface area contributed by atoms with Crippen LogP contribution in [0.3, 0.4) is 0 Å². The Morgan fingerprint density at radius 2 is 2.27 bits per heavy atom. The summed E-state index contributed by atoms with van der Waals surface area (Å²) < 4.78 is 2.82. The summed E-state index contributed by atoms with van der Waals surface area (Å²) in [5, 5.41) is 9.21. The van der Waals surface area contributed by atoms with Gasteiger partial charge in [0.1, 0.15) is 18.3 Å². The van der Waals surface area contributed by atoms with Crippen LogP contribution in [-0.2, 0) is 24.9 Å². The van der Waals surface area contributed by atoms with Gasteiger partial charge in [0.05, 0.1) is 12.7 Å². The highest BCUT2D eigenvalue weighted by Gasteiger charge is 2.11. The minimum atomic E-state index is -0.263. The SMILES string of the molecule is Cc1ccsc1CNC(=O)Cn1cnc2c(cnn2C)c1=O. The number of carbonyl (C=O) groups is 1. The maximum Gasteiger partial charge on any atom is 0.264 e. The summed E-state index contributed by atoms with van der Waals surface area (Å²) in [7, 11) is 1.72. The van der Waals surface area contributed by atoms with Crippen molar-refractivity contribution in [2.24, 2.45) is 7.05 Å². The lowest BCUT2D eigenvalue weighted by Crippen LogP contribution is -2.32. The first-order valence-corrected chi connectivity index (χ1v) is 7.61. The number of nitrogens with one attached hydrogen (secondary N) is 1. The van der Waals surface area contributed by atoms with Crippen LogP contribution in [0, 0.1) is 6.92 Å². The third-order valence-corrected chi connectivity index (χ3v) is 4.47. The Labute approximate surface area is 130 Å². The zero-order chi connectivity index (χ0) is 15.7. The zero-order valence-electron chi connectivity index (χ0n) is 12.2. The molecular weight excluding hydrogens is 302 g/mol. The normalized spacial score (nSPS) is 11.0. The Bertz CT molecular complexity index is 892. The molecule has 8 heteroatoms. The molecule has 0 aromatic carbocycles. The Kier molecular flexibility index (Phi) is 3.76. The second-order valence-corrected chi connectivity index (χ2v) is 5.99. The highest BCUT2D eigenvalue weighted by molar-refractivity contribution is 7.10. The van der Waals surface area contributed by atoms with Gasteiger partial charge in [-0.25, -0.2) is 4.98 Å². The molecule has 0 aliphatic rings. The standard InChI is InChI=1S/C14H15N5O2S/c1-9-3-4-22-11(9)6-15-12(20)7-19-8-16-13-10(14(19)21)5-17-18(13)2/h3-5,8H,6-7H2,1-2H3,(H,15,20). The molecule has 1 N–H and O–H groups in total. The fourth-order valence-electron chi connectivity index (χ4n) is 2.15. The lowest BCUT2D eigenvalue weighted by Gasteiger charge is -2.07. The van der Waals surface area contributed by atoms with E-state index in [2.05, 4.69) is 15.4 Å². The summed E-state index contributed by atoms with van der Waals surface area (Å²) in [5.74, 6) is -0.222. The molecule has 3 aromatic rings. The van der Waals surface area contributed by atoms with Gasteiger partial charge in [0.15, 0.2) is 5.65 Å². The predicted molar refractivity (Wildman–Crippen MR) is 83.7 cm³/mol. The average Bonchev–Trinajstić information content (AvgIpc) is 3.07. The summed E-state index contributed by atoms with van der Waals surface area (Å²) in [4.78, 5) is 29.5. The lowest BCUT2D eigenvalue weighted by molar-refractivity contribution is -0.121. The molecule has 0 radical (unpaired) electrons. The van der Waals surface area contributed by atoms with Gasteiger partial charge in [0.25, 0.3) is 5.56 Å². The van der Waals surface area contributed by atoms with Crippen molar-refractivity contribution in [1.82, 2.24) is 24.6 Å². The minimum absolute atomic E-state index is 0.0545. The van der Waals surface area contributed by atoms with Gasteiger partial charge in [-0.05, 0) is 23.9 Å². The first kappa shape index (κ1) is 14.5. The second-order valence-electron chi connectivity index (χ2n) is 4.99. The van der Waals surface area contributed by atoms with Crippen molar-refractivity contribution in [3.8, 4) is 0 Å². The Morgan fingerprint density at radius 3 is 3.00 bits per heavy atom. The topological polar surface area (TPSA) is 81.8 Å². The number of amides is 1. The summed E-state index contributed by atoms with van der Waals surface area (Å²) >= 11 is 1.60. The molecular formula is C14H15N5O2S. The van der Waals surface area contributed by atoms with Crippen LogP contribution in [0.25, 0.3) is 11.0 Å². The number of thiophene rings is 1. The van der Waals surface area contributed by atoms with Crippen LogP contribution in [0.4, 0.5) is 0 Å². The van der Waals surface area contributed by atoms with E-state index < -0.39 is 0 Å². The van der Waals surface area contributed by atoms with E-state index in [1.807, 2.05) is 18.4 Å². The average molecular weight is 317 g/mol. The van der Waals surface area contributed by atoms with Crippen LogP contribution in [0.1, 0.15) is 10.4 Å². The number of fused-ring (bicyclic) bond motifs is 1. The third-order valence-electron chi connectivity index (χ3n) is 3.45. The van der Waals surface area contributed by atoms with Crippen LogP contribution in [-0.4, -0.2) is 25.2 Å². The Morgan fingerprint density at radius 1 is 1.45 bits per heavy atom. The van der Waals surface area contributed by atoms with E-state index in [1.165, 1.54) is 21.8 Å². The van der Waals surface area contributed by atoms with Crippen LogP contribution >= 0.6 is 11.3 Å². The first-order valence-electron chi connectivity index (χ1n) is 6.73. The van der Waals surface area contributed by atoms with Crippen molar-refractivity contribution in [3.05, 3.63) is 44.8 Å². The monoisotopic (exact) mass is 317 g/mol. The molecule has 3 heterocycles. The smallest absolute Gasteiger partial charge is 0.264 e. The van der Waals surface area contributed by atoms with E-state index in [4.69, 9.17) is 0 Å². The maximum atomic E-state index is 12.3. The number of aryl methyl sites for hydroxylation is 2. The first-order chi connectivity index (χ1) is 10.6. The van der Waals surface area contributed by atoms with E-state index in [-0.39, 0.29) is 18.0 Å². The minimum Gasteiger partial charge on any atom is -0.350 e. The van der Waals surface area contributed by atoms with Crippen molar-refractivity contribution in [3.63, 3.8) is 0 Å². The molecule has 3 aromatic heterocycles. The van der Waals surface area contributed by atoms with Crippen LogP contribution in [0.5, 0.6) is 0 Å². The molecule has 7 nitrogen and oxygen atoms in total. The number of hydrogen-bond donors (Lipinski definition) is 1. The molecule has 0 aliphatic heterocycles. The molecule has 0 saturated heterocycles. The predicted octanol–water partition coefficient (Wildman–Crippen LogP) is 0.816. The summed E-state index contributed by atoms with van der Waals surface area (Å²) in [6.07, 6.45) is 2.84. The largest absolute Gasteiger partial charge is 0.350 e. The summed E-state index contributed by atoms with van der Waals surface area (Å²) in [5.41, 5.74) is 1.40. The van der Waals surface area contributed by atoms with Crippen molar-refractivity contribution in [1.29, 1.82) is 0 Å².